The Labute approximate surface area is 214 Å². The number of aromatic carboxylic acids is 1. The molecule has 0 bridgehead atoms. The van der Waals surface area contributed by atoms with Crippen LogP contribution in [0.5, 0.6) is 5.75 Å². The van der Waals surface area contributed by atoms with E-state index in [1.807, 2.05) is 0 Å². The SMILES string of the molecule is CNc1cc(S(=O)(=O)O)cc(N/N=C(\N=Nc2ccc(SOOO)cc2C(=O)O)c2ccccc2)c1O. The fourth-order valence-corrected chi connectivity index (χ4v) is 3.79. The van der Waals surface area contributed by atoms with E-state index < -0.39 is 26.7 Å². The zero-order chi connectivity index (χ0) is 27.0. The molecule has 14 nitrogen and oxygen atoms in total. The molecule has 0 radical (unpaired) electrons. The number of carboxylic acids is 1. The van der Waals surface area contributed by atoms with E-state index in [9.17, 15) is 28.0 Å². The van der Waals surface area contributed by atoms with Gasteiger partial charge >= 0.3 is 5.97 Å². The van der Waals surface area contributed by atoms with E-state index >= 15 is 0 Å². The second-order valence-electron chi connectivity index (χ2n) is 6.92. The molecule has 0 aromatic heterocycles. The lowest BCUT2D eigenvalue weighted by molar-refractivity contribution is -0.432. The van der Waals surface area contributed by atoms with Crippen molar-refractivity contribution < 1.29 is 42.6 Å². The third-order valence-electron chi connectivity index (χ3n) is 4.58. The molecule has 6 N–H and O–H groups in total. The Kier molecular flexibility index (Phi) is 9.12. The Morgan fingerprint density at radius 2 is 1.76 bits per heavy atom. The maximum atomic E-state index is 11.7. The number of hydrogen-bond acceptors (Lipinski definition) is 12. The Morgan fingerprint density at radius 3 is 2.38 bits per heavy atom. The molecule has 3 rings (SSSR count). The van der Waals surface area contributed by atoms with Gasteiger partial charge in [0.1, 0.15) is 11.4 Å². The van der Waals surface area contributed by atoms with Gasteiger partial charge in [-0.05, 0) is 30.3 Å². The Balaban J connectivity index is 2.03. The van der Waals surface area contributed by atoms with E-state index in [1.54, 1.807) is 30.3 Å². The number of hydrazone groups is 1. The third-order valence-corrected chi connectivity index (χ3v) is 5.98. The van der Waals surface area contributed by atoms with Gasteiger partial charge in [0, 0.05) is 17.5 Å². The molecule has 0 unspecified atom stereocenters. The second kappa shape index (κ2) is 12.3. The molecule has 0 spiro atoms. The number of phenolic OH excluding ortho intramolecular Hbond substituents is 1. The molecule has 0 saturated carbocycles. The highest BCUT2D eigenvalue weighted by Crippen LogP contribution is 2.35. The molecule has 0 aliphatic rings. The minimum atomic E-state index is -4.60. The van der Waals surface area contributed by atoms with Crippen molar-refractivity contribution in [3.8, 4) is 5.75 Å². The largest absolute Gasteiger partial charge is 0.504 e. The molecule has 0 heterocycles. The smallest absolute Gasteiger partial charge is 0.338 e. The predicted octanol–water partition coefficient (Wildman–Crippen LogP) is 4.36. The zero-order valence-corrected chi connectivity index (χ0v) is 20.4. The summed E-state index contributed by atoms with van der Waals surface area (Å²) >= 11 is 0.564. The van der Waals surface area contributed by atoms with Gasteiger partial charge in [-0.15, -0.1) is 14.6 Å². The van der Waals surface area contributed by atoms with Gasteiger partial charge in [0.25, 0.3) is 10.1 Å². The van der Waals surface area contributed by atoms with Crippen LogP contribution >= 0.6 is 12.0 Å². The zero-order valence-electron chi connectivity index (χ0n) is 18.8. The second-order valence-corrected chi connectivity index (χ2v) is 9.11. The van der Waals surface area contributed by atoms with Crippen LogP contribution in [0, 0.1) is 0 Å². The van der Waals surface area contributed by atoms with Crippen LogP contribution < -0.4 is 10.7 Å². The number of benzene rings is 3. The lowest BCUT2D eigenvalue weighted by Gasteiger charge is -2.11. The van der Waals surface area contributed by atoms with Crippen LogP contribution in [0.2, 0.25) is 0 Å². The van der Waals surface area contributed by atoms with Crippen LogP contribution in [-0.2, 0) is 19.5 Å². The van der Waals surface area contributed by atoms with Crippen LogP contribution in [0.25, 0.3) is 0 Å². The third kappa shape index (κ3) is 7.23. The molecule has 0 aliphatic heterocycles. The van der Waals surface area contributed by atoms with Crippen LogP contribution in [0.15, 0.2) is 85.8 Å². The molecule has 194 valence electrons. The van der Waals surface area contributed by atoms with Crippen molar-refractivity contribution in [1.29, 1.82) is 0 Å². The van der Waals surface area contributed by atoms with Gasteiger partial charge in [-0.25, -0.2) is 10.1 Å². The summed E-state index contributed by atoms with van der Waals surface area (Å²) in [6, 6.07) is 14.4. The molecule has 3 aromatic carbocycles. The van der Waals surface area contributed by atoms with Crippen molar-refractivity contribution in [3.63, 3.8) is 0 Å². The summed E-state index contributed by atoms with van der Waals surface area (Å²) in [6.07, 6.45) is 0. The highest BCUT2D eigenvalue weighted by atomic mass is 32.2. The van der Waals surface area contributed by atoms with E-state index in [4.69, 9.17) is 5.26 Å². The van der Waals surface area contributed by atoms with Gasteiger partial charge in [-0.2, -0.15) is 13.5 Å². The number of phenols is 1. The fraction of sp³-hybridized carbons (Fsp3) is 0.0476. The number of hydrogen-bond donors (Lipinski definition) is 6. The van der Waals surface area contributed by atoms with E-state index in [1.165, 1.54) is 25.2 Å². The number of anilines is 2. The maximum Gasteiger partial charge on any atom is 0.338 e. The molecular formula is C21H19N5O9S2. The first kappa shape index (κ1) is 27.5. The molecule has 37 heavy (non-hydrogen) atoms. The molecular weight excluding hydrogens is 530 g/mol. The van der Waals surface area contributed by atoms with Crippen LogP contribution in [0.3, 0.4) is 0 Å². The summed E-state index contributed by atoms with van der Waals surface area (Å²) in [6.45, 7) is 0. The Bertz CT molecular complexity index is 1450. The summed E-state index contributed by atoms with van der Waals surface area (Å²) in [7, 11) is -3.17. The number of nitrogens with zero attached hydrogens (tertiary/aromatic N) is 3. The average molecular weight is 550 g/mol. The van der Waals surface area contributed by atoms with Crippen molar-refractivity contribution in [2.45, 2.75) is 9.79 Å². The Morgan fingerprint density at radius 1 is 1.05 bits per heavy atom. The Hall–Kier alpha value is -4.06. The van der Waals surface area contributed by atoms with Gasteiger partial charge in [-0.1, -0.05) is 35.4 Å². The summed E-state index contributed by atoms with van der Waals surface area (Å²) in [5.41, 5.74) is 2.47. The van der Waals surface area contributed by atoms with Gasteiger partial charge in [0.05, 0.1) is 28.2 Å². The first-order valence-electron chi connectivity index (χ1n) is 9.99. The molecule has 0 aliphatic carbocycles. The van der Waals surface area contributed by atoms with Crippen LogP contribution in [0.4, 0.5) is 17.1 Å². The highest BCUT2D eigenvalue weighted by Gasteiger charge is 2.17. The van der Waals surface area contributed by atoms with Crippen molar-refractivity contribution in [2.75, 3.05) is 17.8 Å². The molecule has 0 fully saturated rings. The first-order valence-corrected chi connectivity index (χ1v) is 12.2. The summed E-state index contributed by atoms with van der Waals surface area (Å²) < 4.78 is 37.0. The van der Waals surface area contributed by atoms with E-state index in [2.05, 4.69) is 35.4 Å². The van der Waals surface area contributed by atoms with Crippen LogP contribution in [0.1, 0.15) is 15.9 Å². The number of carboxylic acid groups (broad SMARTS) is 1. The number of nitrogens with one attached hydrogen (secondary N) is 2. The lowest BCUT2D eigenvalue weighted by Crippen LogP contribution is -2.05. The molecule has 0 amide bonds. The van der Waals surface area contributed by atoms with Gasteiger partial charge in [0.2, 0.25) is 5.84 Å². The number of amidine groups is 1. The molecule has 3 aromatic rings. The number of carbonyl (C=O) groups is 1. The van der Waals surface area contributed by atoms with Crippen molar-refractivity contribution in [2.24, 2.45) is 15.3 Å². The van der Waals surface area contributed by atoms with Crippen molar-refractivity contribution in [1.82, 2.24) is 0 Å². The molecule has 0 atom stereocenters. The average Bonchev–Trinajstić information content (AvgIpc) is 2.88. The minimum Gasteiger partial charge on any atom is -0.504 e. The minimum absolute atomic E-state index is 0.00431. The topological polar surface area (TPSA) is 212 Å². The van der Waals surface area contributed by atoms with Crippen molar-refractivity contribution >= 4 is 51.0 Å². The maximum absolute atomic E-state index is 11.7. The van der Waals surface area contributed by atoms with E-state index in [0.717, 1.165) is 12.1 Å². The first-order chi connectivity index (χ1) is 17.6. The summed E-state index contributed by atoms with van der Waals surface area (Å²) in [5.74, 6) is -1.77. The molecule has 16 heteroatoms. The molecule has 0 saturated heterocycles. The highest BCUT2D eigenvalue weighted by molar-refractivity contribution is 7.94. The standard InChI is InChI=1S/C21H19N5O9S2/c1-22-17-10-14(37(31,32)33)11-18(19(17)27)24-26-20(12-5-3-2-4-6-12)25-23-16-8-7-13(36-35-34-30)9-15(16)21(28)29/h2-11,22,24,27,30H,1H3,(H,28,29)(H,31,32,33)/b25-23?,26-20-. The quantitative estimate of drug-likeness (QED) is 0.0304. The van der Waals surface area contributed by atoms with E-state index in [-0.39, 0.29) is 28.5 Å². The van der Waals surface area contributed by atoms with E-state index in [0.29, 0.717) is 22.5 Å². The number of azo groups is 1. The van der Waals surface area contributed by atoms with Gasteiger partial charge < -0.3 is 15.5 Å². The number of aromatic hydroxyl groups is 1. The van der Waals surface area contributed by atoms with Gasteiger partial charge in [-0.3, -0.25) is 9.98 Å². The lowest BCUT2D eigenvalue weighted by atomic mass is 10.2. The normalized spacial score (nSPS) is 12.0. The summed E-state index contributed by atoms with van der Waals surface area (Å²) in [4.78, 5) is 11.5. The van der Waals surface area contributed by atoms with Gasteiger partial charge in [0.15, 0.2) is 5.75 Å². The predicted molar refractivity (Wildman–Crippen MR) is 133 cm³/mol. The van der Waals surface area contributed by atoms with Crippen LogP contribution in [-0.4, -0.2) is 47.3 Å². The fourth-order valence-electron chi connectivity index (χ4n) is 2.86. The van der Waals surface area contributed by atoms with Crippen molar-refractivity contribution in [3.05, 3.63) is 71.8 Å². The monoisotopic (exact) mass is 549 g/mol. The summed E-state index contributed by atoms with van der Waals surface area (Å²) in [5, 5.41) is 46.5. The number of rotatable bonds is 10.